The molecular weight excluding hydrogens is 312 g/mol. The zero-order chi connectivity index (χ0) is 17.4. The van der Waals surface area contributed by atoms with Gasteiger partial charge in [-0.2, -0.15) is 0 Å². The minimum atomic E-state index is 0.113. The predicted octanol–water partition coefficient (Wildman–Crippen LogP) is 3.30. The summed E-state index contributed by atoms with van der Waals surface area (Å²) in [5, 5.41) is 1.02. The zero-order valence-electron chi connectivity index (χ0n) is 14.6. The molecule has 0 spiro atoms. The summed E-state index contributed by atoms with van der Waals surface area (Å²) < 4.78 is 2.02. The first kappa shape index (κ1) is 15.8. The van der Waals surface area contributed by atoms with E-state index in [9.17, 15) is 4.79 Å². The number of rotatable bonds is 2. The molecule has 1 aliphatic rings. The lowest BCUT2D eigenvalue weighted by molar-refractivity contribution is 0.0707. The van der Waals surface area contributed by atoms with Crippen LogP contribution in [0.4, 0.5) is 0 Å². The van der Waals surface area contributed by atoms with Gasteiger partial charge in [0.05, 0.1) is 17.0 Å². The predicted molar refractivity (Wildman–Crippen MR) is 97.6 cm³/mol. The molecule has 0 bridgehead atoms. The van der Waals surface area contributed by atoms with Crippen LogP contribution in [0.15, 0.2) is 42.9 Å². The topological polar surface area (TPSA) is 51.0 Å². The van der Waals surface area contributed by atoms with Crippen LogP contribution in [0, 0.1) is 6.92 Å². The summed E-state index contributed by atoms with van der Waals surface area (Å²) in [4.78, 5) is 24.0. The zero-order valence-corrected chi connectivity index (χ0v) is 14.6. The second-order valence-electron chi connectivity index (χ2n) is 6.85. The molecule has 1 fully saturated rings. The Morgan fingerprint density at radius 2 is 2.08 bits per heavy atom. The molecule has 128 valence electrons. The molecule has 0 aliphatic carbocycles. The van der Waals surface area contributed by atoms with Gasteiger partial charge in [-0.25, -0.2) is 0 Å². The Balaban J connectivity index is 1.61. The number of nitrogens with zero attached hydrogens (tertiary/aromatic N) is 4. The number of piperidine rings is 1. The van der Waals surface area contributed by atoms with E-state index in [0.29, 0.717) is 6.54 Å². The lowest BCUT2D eigenvalue weighted by Gasteiger charge is -2.32. The summed E-state index contributed by atoms with van der Waals surface area (Å²) in [6, 6.07) is 8.06. The lowest BCUT2D eigenvalue weighted by Crippen LogP contribution is -2.39. The van der Waals surface area contributed by atoms with Crippen LogP contribution in [-0.4, -0.2) is 38.4 Å². The van der Waals surface area contributed by atoms with Crippen LogP contribution in [0.5, 0.6) is 0 Å². The van der Waals surface area contributed by atoms with Gasteiger partial charge in [0.25, 0.3) is 5.91 Å². The molecule has 4 rings (SSSR count). The van der Waals surface area contributed by atoms with Gasteiger partial charge >= 0.3 is 0 Å². The van der Waals surface area contributed by atoms with Crippen molar-refractivity contribution in [2.45, 2.75) is 25.7 Å². The van der Waals surface area contributed by atoms with Gasteiger partial charge in [0, 0.05) is 55.5 Å². The maximum absolute atomic E-state index is 13.1. The van der Waals surface area contributed by atoms with Crippen molar-refractivity contribution in [3.8, 4) is 0 Å². The number of amides is 1. The van der Waals surface area contributed by atoms with E-state index in [0.717, 1.165) is 47.2 Å². The monoisotopic (exact) mass is 334 g/mol. The fourth-order valence-electron chi connectivity index (χ4n) is 3.77. The van der Waals surface area contributed by atoms with Crippen LogP contribution in [0.3, 0.4) is 0 Å². The Hall–Kier alpha value is -2.69. The van der Waals surface area contributed by atoms with Gasteiger partial charge in [-0.3, -0.25) is 14.8 Å². The molecule has 1 aliphatic heterocycles. The van der Waals surface area contributed by atoms with Crippen molar-refractivity contribution in [1.82, 2.24) is 19.4 Å². The van der Waals surface area contributed by atoms with Gasteiger partial charge in [-0.15, -0.1) is 0 Å². The standard InChI is InChI=1S/C20H22N4O/c1-14-10-21-11-18(22-14)15-6-5-9-24(12-15)20(25)17-13-23(2)19-8-4-3-7-16(17)19/h3-4,7-8,10-11,13,15H,5-6,9,12H2,1-2H3/t15-/m1/s1. The second kappa shape index (κ2) is 6.31. The van der Waals surface area contributed by atoms with E-state index < -0.39 is 0 Å². The number of benzene rings is 1. The number of aromatic nitrogens is 3. The molecule has 0 saturated carbocycles. The fourth-order valence-corrected chi connectivity index (χ4v) is 3.77. The summed E-state index contributed by atoms with van der Waals surface area (Å²) in [6.45, 7) is 3.47. The van der Waals surface area contributed by atoms with E-state index in [1.54, 1.807) is 6.20 Å². The molecule has 1 atom stereocenters. The Labute approximate surface area is 147 Å². The van der Waals surface area contributed by atoms with Crippen molar-refractivity contribution in [3.63, 3.8) is 0 Å². The first-order chi connectivity index (χ1) is 12.1. The third-order valence-electron chi connectivity index (χ3n) is 5.03. The maximum Gasteiger partial charge on any atom is 0.256 e. The van der Waals surface area contributed by atoms with Crippen molar-refractivity contribution < 1.29 is 4.79 Å². The summed E-state index contributed by atoms with van der Waals surface area (Å²) in [5.41, 5.74) is 3.79. The van der Waals surface area contributed by atoms with E-state index in [2.05, 4.69) is 9.97 Å². The van der Waals surface area contributed by atoms with Crippen LogP contribution in [0.2, 0.25) is 0 Å². The Morgan fingerprint density at radius 1 is 1.24 bits per heavy atom. The third kappa shape index (κ3) is 2.90. The van der Waals surface area contributed by atoms with Crippen LogP contribution in [0.1, 0.15) is 40.5 Å². The van der Waals surface area contributed by atoms with Crippen LogP contribution < -0.4 is 0 Å². The number of hydrogen-bond acceptors (Lipinski definition) is 3. The normalized spacial score (nSPS) is 17.8. The highest BCUT2D eigenvalue weighted by Gasteiger charge is 2.28. The van der Waals surface area contributed by atoms with Gasteiger partial charge in [0.15, 0.2) is 0 Å². The van der Waals surface area contributed by atoms with E-state index in [4.69, 9.17) is 0 Å². The number of carbonyl (C=O) groups is 1. The van der Waals surface area contributed by atoms with Crippen molar-refractivity contribution in [1.29, 1.82) is 0 Å². The van der Waals surface area contributed by atoms with Gasteiger partial charge in [0.2, 0.25) is 0 Å². The van der Waals surface area contributed by atoms with Crippen LogP contribution in [0.25, 0.3) is 10.9 Å². The molecular formula is C20H22N4O. The van der Waals surface area contributed by atoms with Gasteiger partial charge < -0.3 is 9.47 Å². The highest BCUT2D eigenvalue weighted by Crippen LogP contribution is 2.28. The summed E-state index contributed by atoms with van der Waals surface area (Å²) >= 11 is 0. The molecule has 3 aromatic rings. The number of fused-ring (bicyclic) bond motifs is 1. The number of para-hydroxylation sites is 1. The summed E-state index contributed by atoms with van der Waals surface area (Å²) in [5.74, 6) is 0.377. The quantitative estimate of drug-likeness (QED) is 0.722. The first-order valence-electron chi connectivity index (χ1n) is 8.75. The average Bonchev–Trinajstić information content (AvgIpc) is 2.98. The molecule has 3 heterocycles. The Morgan fingerprint density at radius 3 is 2.92 bits per heavy atom. The van der Waals surface area contributed by atoms with E-state index in [1.165, 1.54) is 0 Å². The number of carbonyl (C=O) groups excluding carboxylic acids is 1. The molecule has 25 heavy (non-hydrogen) atoms. The lowest BCUT2D eigenvalue weighted by atomic mass is 9.94. The minimum Gasteiger partial charge on any atom is -0.350 e. The largest absolute Gasteiger partial charge is 0.350 e. The molecule has 0 N–H and O–H groups in total. The van der Waals surface area contributed by atoms with E-state index >= 15 is 0 Å². The van der Waals surface area contributed by atoms with Crippen molar-refractivity contribution in [3.05, 3.63) is 59.8 Å². The number of likely N-dealkylation sites (tertiary alicyclic amines) is 1. The van der Waals surface area contributed by atoms with E-state index in [1.807, 2.05) is 60.1 Å². The maximum atomic E-state index is 13.1. The highest BCUT2D eigenvalue weighted by molar-refractivity contribution is 6.07. The minimum absolute atomic E-state index is 0.113. The van der Waals surface area contributed by atoms with Crippen molar-refractivity contribution in [2.24, 2.45) is 7.05 Å². The summed E-state index contributed by atoms with van der Waals surface area (Å²) in [7, 11) is 1.99. The van der Waals surface area contributed by atoms with E-state index in [-0.39, 0.29) is 11.8 Å². The fraction of sp³-hybridized carbons (Fsp3) is 0.350. The molecule has 1 aromatic carbocycles. The molecule has 0 radical (unpaired) electrons. The molecule has 5 nitrogen and oxygen atoms in total. The van der Waals surface area contributed by atoms with Crippen molar-refractivity contribution >= 4 is 16.8 Å². The molecule has 1 saturated heterocycles. The summed E-state index contributed by atoms with van der Waals surface area (Å²) in [6.07, 6.45) is 7.60. The van der Waals surface area contributed by atoms with Crippen LogP contribution >= 0.6 is 0 Å². The van der Waals surface area contributed by atoms with Crippen molar-refractivity contribution in [2.75, 3.05) is 13.1 Å². The third-order valence-corrected chi connectivity index (χ3v) is 5.03. The van der Waals surface area contributed by atoms with Gasteiger partial charge in [-0.1, -0.05) is 18.2 Å². The molecule has 1 amide bonds. The first-order valence-corrected chi connectivity index (χ1v) is 8.75. The second-order valence-corrected chi connectivity index (χ2v) is 6.85. The highest BCUT2D eigenvalue weighted by atomic mass is 16.2. The Bertz CT molecular complexity index is 930. The number of aryl methyl sites for hydroxylation is 2. The van der Waals surface area contributed by atoms with Crippen LogP contribution in [-0.2, 0) is 7.05 Å². The SMILES string of the molecule is Cc1cncc([C@@H]2CCCN(C(=O)c3cn(C)c4ccccc34)C2)n1. The number of hydrogen-bond donors (Lipinski definition) is 0. The van der Waals surface area contributed by atoms with Gasteiger partial charge in [-0.05, 0) is 25.8 Å². The Kier molecular flexibility index (Phi) is 3.99. The smallest absolute Gasteiger partial charge is 0.256 e. The molecule has 0 unspecified atom stereocenters. The average molecular weight is 334 g/mol. The molecule has 2 aromatic heterocycles. The molecule has 5 heteroatoms. The van der Waals surface area contributed by atoms with Gasteiger partial charge in [0.1, 0.15) is 0 Å².